The third-order valence-corrected chi connectivity index (χ3v) is 4.30. The lowest BCUT2D eigenvalue weighted by Crippen LogP contribution is -2.20. The van der Waals surface area contributed by atoms with E-state index < -0.39 is 0 Å². The van der Waals surface area contributed by atoms with Crippen LogP contribution in [0.2, 0.25) is 0 Å². The van der Waals surface area contributed by atoms with Crippen LogP contribution in [0, 0.1) is 6.92 Å². The molecule has 25 heavy (non-hydrogen) atoms. The zero-order valence-electron chi connectivity index (χ0n) is 13.4. The molecule has 0 radical (unpaired) electrons. The third kappa shape index (κ3) is 3.61. The van der Waals surface area contributed by atoms with Gasteiger partial charge in [-0.3, -0.25) is 14.7 Å². The Balaban J connectivity index is 1.81. The molecule has 0 aliphatic heterocycles. The number of carbonyl (C=O) groups is 1. The molecule has 2 N–H and O–H groups in total. The summed E-state index contributed by atoms with van der Waals surface area (Å²) in [4.78, 5) is 24.6. The number of aryl methyl sites for hydroxylation is 1. The fourth-order valence-electron chi connectivity index (χ4n) is 2.33. The summed E-state index contributed by atoms with van der Waals surface area (Å²) >= 11 is 3.32. The third-order valence-electron chi connectivity index (χ3n) is 3.61. The molecule has 0 spiro atoms. The number of hydrogen-bond acceptors (Lipinski definition) is 3. The van der Waals surface area contributed by atoms with Gasteiger partial charge in [-0.2, -0.15) is 5.10 Å². The van der Waals surface area contributed by atoms with Crippen molar-refractivity contribution in [2.24, 2.45) is 5.10 Å². The van der Waals surface area contributed by atoms with Crippen LogP contribution in [-0.2, 0) is 0 Å². The Labute approximate surface area is 152 Å². The van der Waals surface area contributed by atoms with Gasteiger partial charge < -0.3 is 0 Å². The number of nitrogens with one attached hydrogen (secondary N) is 2. The Morgan fingerprint density at radius 3 is 2.56 bits per heavy atom. The van der Waals surface area contributed by atoms with E-state index >= 15 is 0 Å². The fraction of sp³-hybridized carbons (Fsp3) is 0.0556. The van der Waals surface area contributed by atoms with Crippen LogP contribution < -0.4 is 11.0 Å². The molecule has 126 valence electrons. The van der Waals surface area contributed by atoms with Gasteiger partial charge in [0.15, 0.2) is 0 Å². The number of aromatic amines is 1. The molecule has 0 aliphatic rings. The van der Waals surface area contributed by atoms with Gasteiger partial charge in [-0.15, -0.1) is 0 Å². The topological polar surface area (TPSA) is 79.2 Å². The zero-order valence-corrected chi connectivity index (χ0v) is 14.9. The minimum Gasteiger partial charge on any atom is -0.295 e. The maximum absolute atomic E-state index is 12.5. The molecule has 6 nitrogen and oxygen atoms in total. The molecule has 3 aromatic rings. The molecule has 0 fully saturated rings. The first kappa shape index (κ1) is 16.9. The highest BCUT2D eigenvalue weighted by atomic mass is 79.9. The summed E-state index contributed by atoms with van der Waals surface area (Å²) in [6.07, 6.45) is 1.35. The minimum atomic E-state index is -0.361. The van der Waals surface area contributed by atoms with Gasteiger partial charge in [0, 0.05) is 10.2 Å². The summed E-state index contributed by atoms with van der Waals surface area (Å²) < 4.78 is 2.11. The molecule has 7 heteroatoms. The normalized spacial score (nSPS) is 11.0. The lowest BCUT2D eigenvalue weighted by molar-refractivity contribution is 0.0954. The second-order valence-electron chi connectivity index (χ2n) is 5.31. The van der Waals surface area contributed by atoms with Gasteiger partial charge in [0.1, 0.15) is 0 Å². The van der Waals surface area contributed by atoms with Crippen molar-refractivity contribution in [1.29, 1.82) is 0 Å². The SMILES string of the molecule is Cc1[nH]n(-c2ccccc2)c(=O)c1/C=N/NC(=O)c1ccccc1Br. The molecule has 0 aliphatic carbocycles. The summed E-state index contributed by atoms with van der Waals surface area (Å²) in [5, 5.41) is 6.91. The van der Waals surface area contributed by atoms with Crippen LogP contribution in [0.15, 0.2) is 69.0 Å². The second kappa shape index (κ2) is 7.31. The summed E-state index contributed by atoms with van der Waals surface area (Å²) in [7, 11) is 0. The molecule has 0 bridgehead atoms. The molecule has 2 aromatic carbocycles. The van der Waals surface area contributed by atoms with Crippen LogP contribution in [-0.4, -0.2) is 21.9 Å². The first-order chi connectivity index (χ1) is 12.1. The standard InChI is InChI=1S/C18H15BrN4O2/c1-12-15(18(25)23(22-12)13-7-3-2-4-8-13)11-20-21-17(24)14-9-5-6-10-16(14)19/h2-11,22H,1H3,(H,21,24)/b20-11+. The number of benzene rings is 2. The number of nitrogens with zero attached hydrogens (tertiary/aromatic N) is 2. The summed E-state index contributed by atoms with van der Waals surface area (Å²) in [5.41, 5.74) is 4.44. The number of amides is 1. The lowest BCUT2D eigenvalue weighted by atomic mass is 10.2. The Morgan fingerprint density at radius 1 is 1.16 bits per heavy atom. The van der Waals surface area contributed by atoms with Crippen LogP contribution in [0.3, 0.4) is 0 Å². The smallest absolute Gasteiger partial charge is 0.280 e. The minimum absolute atomic E-state index is 0.234. The van der Waals surface area contributed by atoms with Crippen LogP contribution in [0.4, 0.5) is 0 Å². The van der Waals surface area contributed by atoms with Crippen molar-refractivity contribution in [3.8, 4) is 5.69 Å². The lowest BCUT2D eigenvalue weighted by Gasteiger charge is -2.01. The Hall–Kier alpha value is -2.93. The van der Waals surface area contributed by atoms with Gasteiger partial charge in [0.2, 0.25) is 0 Å². The van der Waals surface area contributed by atoms with E-state index in [1.54, 1.807) is 25.1 Å². The molecular weight excluding hydrogens is 384 g/mol. The number of halogens is 1. The van der Waals surface area contributed by atoms with Crippen LogP contribution >= 0.6 is 15.9 Å². The predicted molar refractivity (Wildman–Crippen MR) is 100 cm³/mol. The molecule has 0 atom stereocenters. The number of rotatable bonds is 4. The van der Waals surface area contributed by atoms with Crippen molar-refractivity contribution in [2.45, 2.75) is 6.92 Å². The van der Waals surface area contributed by atoms with E-state index in [9.17, 15) is 9.59 Å². The second-order valence-corrected chi connectivity index (χ2v) is 6.16. The van der Waals surface area contributed by atoms with Crippen LogP contribution in [0.5, 0.6) is 0 Å². The molecule has 0 saturated carbocycles. The predicted octanol–water partition coefficient (Wildman–Crippen LogP) is 3.00. The number of hydrogen-bond donors (Lipinski definition) is 2. The maximum Gasteiger partial charge on any atom is 0.280 e. The molecule has 1 heterocycles. The van der Waals surface area contributed by atoms with Crippen molar-refractivity contribution in [1.82, 2.24) is 15.2 Å². The Morgan fingerprint density at radius 2 is 1.84 bits per heavy atom. The van der Waals surface area contributed by atoms with E-state index in [1.807, 2.05) is 36.4 Å². The summed E-state index contributed by atoms with van der Waals surface area (Å²) in [5.74, 6) is -0.361. The number of H-pyrrole nitrogens is 1. The average molecular weight is 399 g/mol. The maximum atomic E-state index is 12.5. The first-order valence-electron chi connectivity index (χ1n) is 7.53. The number of hydrazone groups is 1. The zero-order chi connectivity index (χ0) is 17.8. The highest BCUT2D eigenvalue weighted by Crippen LogP contribution is 2.15. The molecule has 3 rings (SSSR count). The Kier molecular flexibility index (Phi) is 4.95. The summed E-state index contributed by atoms with van der Waals surface area (Å²) in [6, 6.07) is 16.3. The number of aromatic nitrogens is 2. The van der Waals surface area contributed by atoms with Gasteiger partial charge >= 0.3 is 0 Å². The molecule has 1 aromatic heterocycles. The van der Waals surface area contributed by atoms with Crippen LogP contribution in [0.1, 0.15) is 21.6 Å². The van der Waals surface area contributed by atoms with Gasteiger partial charge in [-0.1, -0.05) is 30.3 Å². The first-order valence-corrected chi connectivity index (χ1v) is 8.32. The largest absolute Gasteiger partial charge is 0.295 e. The van der Waals surface area contributed by atoms with E-state index in [-0.39, 0.29) is 11.5 Å². The van der Waals surface area contributed by atoms with E-state index in [2.05, 4.69) is 31.6 Å². The van der Waals surface area contributed by atoms with Crippen molar-refractivity contribution in [3.05, 3.63) is 86.2 Å². The monoisotopic (exact) mass is 398 g/mol. The molecule has 1 amide bonds. The van der Waals surface area contributed by atoms with Gasteiger partial charge in [-0.05, 0) is 47.1 Å². The number of para-hydroxylation sites is 1. The molecule has 0 saturated heterocycles. The quantitative estimate of drug-likeness (QED) is 0.523. The van der Waals surface area contributed by atoms with Crippen molar-refractivity contribution in [3.63, 3.8) is 0 Å². The van der Waals surface area contributed by atoms with Gasteiger partial charge in [0.05, 0.1) is 23.0 Å². The van der Waals surface area contributed by atoms with Gasteiger partial charge in [0.25, 0.3) is 11.5 Å². The van der Waals surface area contributed by atoms with E-state index in [1.165, 1.54) is 10.9 Å². The highest BCUT2D eigenvalue weighted by molar-refractivity contribution is 9.10. The summed E-state index contributed by atoms with van der Waals surface area (Å²) in [6.45, 7) is 1.78. The fourth-order valence-corrected chi connectivity index (χ4v) is 2.80. The number of carbonyl (C=O) groups excluding carboxylic acids is 1. The molecular formula is C18H15BrN4O2. The van der Waals surface area contributed by atoms with Crippen molar-refractivity contribution in [2.75, 3.05) is 0 Å². The average Bonchev–Trinajstić information content (AvgIpc) is 2.91. The van der Waals surface area contributed by atoms with E-state index in [0.717, 1.165) is 5.69 Å². The Bertz CT molecular complexity index is 990. The van der Waals surface area contributed by atoms with Gasteiger partial charge in [-0.25, -0.2) is 10.1 Å². The van der Waals surface area contributed by atoms with Crippen molar-refractivity contribution >= 4 is 28.1 Å². The highest BCUT2D eigenvalue weighted by Gasteiger charge is 2.11. The van der Waals surface area contributed by atoms with Crippen molar-refractivity contribution < 1.29 is 4.79 Å². The molecule has 0 unspecified atom stereocenters. The van der Waals surface area contributed by atoms with E-state index in [0.29, 0.717) is 21.3 Å². The van der Waals surface area contributed by atoms with E-state index in [4.69, 9.17) is 0 Å². The van der Waals surface area contributed by atoms with Crippen LogP contribution in [0.25, 0.3) is 5.69 Å².